The summed E-state index contributed by atoms with van der Waals surface area (Å²) in [4.78, 5) is 0. The minimum Gasteiger partial charge on any atom is -0.489 e. The number of hydrogen-bond donors (Lipinski definition) is 1. The Labute approximate surface area is 118 Å². The van der Waals surface area contributed by atoms with Crippen molar-refractivity contribution in [3.63, 3.8) is 0 Å². The predicted molar refractivity (Wildman–Crippen MR) is 77.3 cm³/mol. The molecule has 2 aromatic rings. The molecule has 2 aromatic carbocycles. The van der Waals surface area contributed by atoms with Crippen molar-refractivity contribution in [2.24, 2.45) is 0 Å². The van der Waals surface area contributed by atoms with E-state index in [2.05, 4.69) is 12.1 Å². The molecule has 0 unspecified atom stereocenters. The Morgan fingerprint density at radius 3 is 2.55 bits per heavy atom. The number of benzene rings is 2. The van der Waals surface area contributed by atoms with Gasteiger partial charge < -0.3 is 9.84 Å². The van der Waals surface area contributed by atoms with Gasteiger partial charge in [0, 0.05) is 11.6 Å². The first-order chi connectivity index (χ1) is 9.47. The van der Waals surface area contributed by atoms with Gasteiger partial charge in [-0.25, -0.2) is 4.39 Å². The molecule has 0 amide bonds. The van der Waals surface area contributed by atoms with Crippen LogP contribution in [0.25, 0.3) is 0 Å². The highest BCUT2D eigenvalue weighted by Crippen LogP contribution is 2.23. The molecule has 1 N–H and O–H groups in total. The highest BCUT2D eigenvalue weighted by molar-refractivity contribution is 5.32. The van der Waals surface area contributed by atoms with Crippen molar-refractivity contribution in [3.8, 4) is 5.75 Å². The van der Waals surface area contributed by atoms with Crippen LogP contribution in [0.5, 0.6) is 5.75 Å². The standard InChI is InChI=1S/C17H19FO2/c1-11-4-5-12(2)14(8-11)10-20-15-6-7-16(13(3)19)17(18)9-15/h4-9,13,19H,10H2,1-3H3/t13-/m0/s1. The largest absolute Gasteiger partial charge is 0.489 e. The molecule has 0 spiro atoms. The number of hydrogen-bond acceptors (Lipinski definition) is 2. The Morgan fingerprint density at radius 1 is 1.15 bits per heavy atom. The summed E-state index contributed by atoms with van der Waals surface area (Å²) in [7, 11) is 0. The summed E-state index contributed by atoms with van der Waals surface area (Å²) in [5, 5.41) is 9.39. The molecule has 106 valence electrons. The number of ether oxygens (including phenoxy) is 1. The van der Waals surface area contributed by atoms with Gasteiger partial charge in [0.25, 0.3) is 0 Å². The van der Waals surface area contributed by atoms with Gasteiger partial charge in [-0.1, -0.05) is 23.8 Å². The molecule has 2 nitrogen and oxygen atoms in total. The second-order valence-corrected chi connectivity index (χ2v) is 5.08. The van der Waals surface area contributed by atoms with Crippen LogP contribution in [-0.4, -0.2) is 5.11 Å². The van der Waals surface area contributed by atoms with E-state index in [1.165, 1.54) is 18.6 Å². The molecule has 0 aromatic heterocycles. The number of aliphatic hydroxyl groups excluding tert-OH is 1. The maximum atomic E-state index is 13.7. The Morgan fingerprint density at radius 2 is 1.90 bits per heavy atom. The third kappa shape index (κ3) is 3.36. The molecule has 3 heteroatoms. The Bertz CT molecular complexity index is 606. The van der Waals surface area contributed by atoms with Crippen molar-refractivity contribution < 1.29 is 14.2 Å². The maximum Gasteiger partial charge on any atom is 0.132 e. The minimum atomic E-state index is -0.817. The molecule has 0 heterocycles. The van der Waals surface area contributed by atoms with Gasteiger partial charge in [-0.05, 0) is 44.0 Å². The fourth-order valence-electron chi connectivity index (χ4n) is 2.05. The van der Waals surface area contributed by atoms with Crippen molar-refractivity contribution in [2.75, 3.05) is 0 Å². The van der Waals surface area contributed by atoms with Crippen molar-refractivity contribution in [1.29, 1.82) is 0 Å². The molecule has 1 atom stereocenters. The molecular formula is C17H19FO2. The summed E-state index contributed by atoms with van der Waals surface area (Å²) in [5.74, 6) is 0.0197. The topological polar surface area (TPSA) is 29.5 Å². The molecular weight excluding hydrogens is 255 g/mol. The van der Waals surface area contributed by atoms with E-state index in [9.17, 15) is 9.50 Å². The van der Waals surface area contributed by atoms with Crippen LogP contribution < -0.4 is 4.74 Å². The number of halogens is 1. The number of aryl methyl sites for hydroxylation is 2. The van der Waals surface area contributed by atoms with E-state index in [0.29, 0.717) is 12.4 Å². The van der Waals surface area contributed by atoms with Gasteiger partial charge in [-0.15, -0.1) is 0 Å². The fraction of sp³-hybridized carbons (Fsp3) is 0.294. The van der Waals surface area contributed by atoms with E-state index >= 15 is 0 Å². The lowest BCUT2D eigenvalue weighted by Crippen LogP contribution is -2.00. The van der Waals surface area contributed by atoms with Crippen LogP contribution >= 0.6 is 0 Å². The van der Waals surface area contributed by atoms with Crippen LogP contribution in [0.3, 0.4) is 0 Å². The van der Waals surface area contributed by atoms with Gasteiger partial charge in [-0.3, -0.25) is 0 Å². The number of aliphatic hydroxyl groups is 1. The molecule has 2 rings (SSSR count). The van der Waals surface area contributed by atoms with Crippen LogP contribution in [0.4, 0.5) is 4.39 Å². The first-order valence-corrected chi connectivity index (χ1v) is 6.64. The van der Waals surface area contributed by atoms with Crippen LogP contribution in [0.1, 0.15) is 35.3 Å². The first kappa shape index (κ1) is 14.5. The van der Waals surface area contributed by atoms with Gasteiger partial charge in [0.15, 0.2) is 0 Å². The monoisotopic (exact) mass is 274 g/mol. The van der Waals surface area contributed by atoms with E-state index < -0.39 is 11.9 Å². The third-order valence-electron chi connectivity index (χ3n) is 3.32. The van der Waals surface area contributed by atoms with Crippen LogP contribution in [-0.2, 0) is 6.61 Å². The molecule has 0 aliphatic carbocycles. The highest BCUT2D eigenvalue weighted by atomic mass is 19.1. The zero-order valence-corrected chi connectivity index (χ0v) is 12.0. The second-order valence-electron chi connectivity index (χ2n) is 5.08. The summed E-state index contributed by atoms with van der Waals surface area (Å²) in [5.41, 5.74) is 3.69. The van der Waals surface area contributed by atoms with E-state index in [4.69, 9.17) is 4.74 Å². The van der Waals surface area contributed by atoms with Gasteiger partial charge >= 0.3 is 0 Å². The maximum absolute atomic E-state index is 13.7. The Balaban J connectivity index is 2.11. The summed E-state index contributed by atoms with van der Waals surface area (Å²) in [6.07, 6.45) is -0.817. The zero-order valence-electron chi connectivity index (χ0n) is 12.0. The van der Waals surface area contributed by atoms with Gasteiger partial charge in [0.2, 0.25) is 0 Å². The van der Waals surface area contributed by atoms with Crippen LogP contribution in [0.15, 0.2) is 36.4 Å². The van der Waals surface area contributed by atoms with E-state index in [1.807, 2.05) is 19.9 Å². The van der Waals surface area contributed by atoms with Gasteiger partial charge in [0.05, 0.1) is 6.10 Å². The SMILES string of the molecule is Cc1ccc(C)c(COc2ccc([C@H](C)O)c(F)c2)c1. The molecule has 0 saturated carbocycles. The predicted octanol–water partition coefficient (Wildman–Crippen LogP) is 4.07. The van der Waals surface area contributed by atoms with Gasteiger partial charge in [0.1, 0.15) is 18.2 Å². The highest BCUT2D eigenvalue weighted by Gasteiger charge is 2.09. The molecule has 20 heavy (non-hydrogen) atoms. The van der Waals surface area contributed by atoms with Crippen LogP contribution in [0, 0.1) is 19.7 Å². The quantitative estimate of drug-likeness (QED) is 0.910. The molecule has 0 fully saturated rings. The molecule has 0 bridgehead atoms. The molecule has 0 radical (unpaired) electrons. The molecule has 0 saturated heterocycles. The molecule has 0 aliphatic rings. The Hall–Kier alpha value is -1.87. The van der Waals surface area contributed by atoms with E-state index in [-0.39, 0.29) is 5.56 Å². The summed E-state index contributed by atoms with van der Waals surface area (Å²) in [6, 6.07) is 10.7. The van der Waals surface area contributed by atoms with Crippen molar-refractivity contribution in [3.05, 3.63) is 64.5 Å². The summed E-state index contributed by atoms with van der Waals surface area (Å²) in [6.45, 7) is 5.99. The molecule has 0 aliphatic heterocycles. The van der Waals surface area contributed by atoms with Gasteiger partial charge in [-0.2, -0.15) is 0 Å². The first-order valence-electron chi connectivity index (χ1n) is 6.64. The smallest absolute Gasteiger partial charge is 0.132 e. The number of rotatable bonds is 4. The lowest BCUT2D eigenvalue weighted by Gasteiger charge is -2.11. The van der Waals surface area contributed by atoms with Crippen LogP contribution in [0.2, 0.25) is 0 Å². The average Bonchev–Trinajstić information content (AvgIpc) is 2.39. The average molecular weight is 274 g/mol. The summed E-state index contributed by atoms with van der Waals surface area (Å²) >= 11 is 0. The normalized spacial score (nSPS) is 12.2. The lowest BCUT2D eigenvalue weighted by molar-refractivity contribution is 0.194. The van der Waals surface area contributed by atoms with Crippen molar-refractivity contribution in [1.82, 2.24) is 0 Å². The van der Waals surface area contributed by atoms with E-state index in [0.717, 1.165) is 11.1 Å². The van der Waals surface area contributed by atoms with Crippen molar-refractivity contribution >= 4 is 0 Å². The Kier molecular flexibility index (Phi) is 4.40. The lowest BCUT2D eigenvalue weighted by atomic mass is 10.1. The fourth-order valence-corrected chi connectivity index (χ4v) is 2.05. The minimum absolute atomic E-state index is 0.282. The zero-order chi connectivity index (χ0) is 14.7. The van der Waals surface area contributed by atoms with E-state index in [1.54, 1.807) is 12.1 Å². The third-order valence-corrected chi connectivity index (χ3v) is 3.32. The van der Waals surface area contributed by atoms with Crippen molar-refractivity contribution in [2.45, 2.75) is 33.5 Å². The summed E-state index contributed by atoms with van der Waals surface area (Å²) < 4.78 is 19.4. The second kappa shape index (κ2) is 6.06.